The van der Waals surface area contributed by atoms with E-state index in [1.54, 1.807) is 18.1 Å². The van der Waals surface area contributed by atoms with Crippen molar-refractivity contribution in [1.82, 2.24) is 10.3 Å². The number of amides is 1. The first-order valence-electron chi connectivity index (χ1n) is 5.53. The van der Waals surface area contributed by atoms with E-state index >= 15 is 0 Å². The number of nitrogens with zero attached hydrogens (tertiary/aromatic N) is 2. The number of nitrogens with one attached hydrogen (secondary N) is 1. The van der Waals surface area contributed by atoms with Gasteiger partial charge in [-0.1, -0.05) is 13.0 Å². The fourth-order valence-electron chi connectivity index (χ4n) is 1.59. The van der Waals surface area contributed by atoms with E-state index in [-0.39, 0.29) is 11.8 Å². The van der Waals surface area contributed by atoms with Crippen molar-refractivity contribution in [2.24, 2.45) is 5.92 Å². The molecular weight excluding hydrogens is 202 g/mol. The number of anilines is 1. The third kappa shape index (κ3) is 3.03. The Morgan fingerprint density at radius 1 is 1.56 bits per heavy atom. The molecule has 1 atom stereocenters. The zero-order chi connectivity index (χ0) is 12.0. The smallest absolute Gasteiger partial charge is 0.232 e. The third-order valence-corrected chi connectivity index (χ3v) is 2.62. The van der Waals surface area contributed by atoms with Gasteiger partial charge in [0.25, 0.3) is 0 Å². The van der Waals surface area contributed by atoms with Gasteiger partial charge in [0.05, 0.1) is 5.92 Å². The fraction of sp³-hybridized carbons (Fsp3) is 0.500. The monoisotopic (exact) mass is 221 g/mol. The molecule has 4 heteroatoms. The number of hydrogen-bond acceptors (Lipinski definition) is 3. The molecular formula is C12H19N3O. The zero-order valence-electron chi connectivity index (χ0n) is 10.1. The minimum atomic E-state index is 0.0111. The highest BCUT2D eigenvalue weighted by atomic mass is 16.2. The van der Waals surface area contributed by atoms with Crippen LogP contribution in [0, 0.1) is 5.92 Å². The van der Waals surface area contributed by atoms with Crippen LogP contribution in [0.2, 0.25) is 0 Å². The normalized spacial score (nSPS) is 12.2. The largest absolute Gasteiger partial charge is 0.319 e. The van der Waals surface area contributed by atoms with Crippen LogP contribution in [0.15, 0.2) is 24.4 Å². The Labute approximate surface area is 96.7 Å². The van der Waals surface area contributed by atoms with Crippen LogP contribution in [0.4, 0.5) is 5.82 Å². The lowest BCUT2D eigenvalue weighted by molar-refractivity contribution is -0.122. The molecule has 1 amide bonds. The van der Waals surface area contributed by atoms with Crippen LogP contribution in [0.25, 0.3) is 0 Å². The van der Waals surface area contributed by atoms with Crippen LogP contribution in [0.1, 0.15) is 13.3 Å². The van der Waals surface area contributed by atoms with Crippen LogP contribution in [0.3, 0.4) is 0 Å². The summed E-state index contributed by atoms with van der Waals surface area (Å²) in [6, 6.07) is 5.56. The van der Waals surface area contributed by atoms with Gasteiger partial charge in [-0.3, -0.25) is 9.69 Å². The third-order valence-electron chi connectivity index (χ3n) is 2.62. The summed E-state index contributed by atoms with van der Waals surface area (Å²) < 4.78 is 0. The summed E-state index contributed by atoms with van der Waals surface area (Å²) >= 11 is 0. The molecule has 0 saturated heterocycles. The molecule has 0 aromatic carbocycles. The van der Waals surface area contributed by atoms with Gasteiger partial charge in [0.2, 0.25) is 5.91 Å². The topological polar surface area (TPSA) is 45.2 Å². The quantitative estimate of drug-likeness (QED) is 0.815. The average Bonchev–Trinajstić information content (AvgIpc) is 2.35. The van der Waals surface area contributed by atoms with Gasteiger partial charge >= 0.3 is 0 Å². The van der Waals surface area contributed by atoms with Crippen molar-refractivity contribution in [3.05, 3.63) is 24.4 Å². The summed E-state index contributed by atoms with van der Waals surface area (Å²) in [5.41, 5.74) is 0. The van der Waals surface area contributed by atoms with Crippen molar-refractivity contribution in [2.75, 3.05) is 25.5 Å². The molecule has 0 aliphatic rings. The number of rotatable bonds is 5. The second kappa shape index (κ2) is 6.23. The van der Waals surface area contributed by atoms with Crippen LogP contribution in [0.5, 0.6) is 0 Å². The Hall–Kier alpha value is -1.42. The molecule has 1 N–H and O–H groups in total. The first-order valence-corrected chi connectivity index (χ1v) is 5.53. The van der Waals surface area contributed by atoms with Crippen molar-refractivity contribution in [1.29, 1.82) is 0 Å². The Kier molecular flexibility index (Phi) is 4.92. The predicted molar refractivity (Wildman–Crippen MR) is 65.4 cm³/mol. The van der Waals surface area contributed by atoms with Gasteiger partial charge in [-0.2, -0.15) is 0 Å². The van der Waals surface area contributed by atoms with Crippen LogP contribution >= 0.6 is 0 Å². The van der Waals surface area contributed by atoms with E-state index in [2.05, 4.69) is 10.3 Å². The van der Waals surface area contributed by atoms with Crippen molar-refractivity contribution < 1.29 is 4.79 Å². The van der Waals surface area contributed by atoms with Gasteiger partial charge in [0.1, 0.15) is 5.82 Å². The molecule has 1 heterocycles. The lowest BCUT2D eigenvalue weighted by Gasteiger charge is -2.21. The maximum Gasteiger partial charge on any atom is 0.232 e. The first-order chi connectivity index (χ1) is 7.70. The number of pyridine rings is 1. The van der Waals surface area contributed by atoms with Crippen LogP contribution in [-0.4, -0.2) is 31.5 Å². The van der Waals surface area contributed by atoms with Crippen LogP contribution < -0.4 is 10.2 Å². The van der Waals surface area contributed by atoms with Gasteiger partial charge in [0.15, 0.2) is 0 Å². The Morgan fingerprint density at radius 2 is 2.31 bits per heavy atom. The summed E-state index contributed by atoms with van der Waals surface area (Å²) in [5.74, 6) is 0.814. The summed E-state index contributed by atoms with van der Waals surface area (Å²) in [5, 5.41) is 3.04. The van der Waals surface area contributed by atoms with E-state index < -0.39 is 0 Å². The fourth-order valence-corrected chi connectivity index (χ4v) is 1.59. The maximum atomic E-state index is 12.1. The molecule has 0 radical (unpaired) electrons. The van der Waals surface area contributed by atoms with Crippen molar-refractivity contribution in [2.45, 2.75) is 13.3 Å². The Bertz CT molecular complexity index is 326. The van der Waals surface area contributed by atoms with E-state index in [1.165, 1.54) is 0 Å². The molecule has 0 spiro atoms. The predicted octanol–water partition coefficient (Wildman–Crippen LogP) is 1.29. The summed E-state index contributed by atoms with van der Waals surface area (Å²) in [6.45, 7) is 2.72. The molecule has 0 fully saturated rings. The Morgan fingerprint density at radius 3 is 2.81 bits per heavy atom. The number of aromatic nitrogens is 1. The second-order valence-electron chi connectivity index (χ2n) is 3.75. The summed E-state index contributed by atoms with van der Waals surface area (Å²) in [4.78, 5) is 17.9. The summed E-state index contributed by atoms with van der Waals surface area (Å²) in [7, 11) is 3.62. The molecule has 0 saturated carbocycles. The molecule has 1 aromatic rings. The molecule has 0 aliphatic carbocycles. The van der Waals surface area contributed by atoms with Gasteiger partial charge in [-0.25, -0.2) is 4.98 Å². The second-order valence-corrected chi connectivity index (χ2v) is 3.75. The van der Waals surface area contributed by atoms with Gasteiger partial charge in [-0.15, -0.1) is 0 Å². The molecule has 1 aromatic heterocycles. The van der Waals surface area contributed by atoms with E-state index in [0.29, 0.717) is 12.4 Å². The highest BCUT2D eigenvalue weighted by Gasteiger charge is 2.20. The molecule has 1 rings (SSSR count). The maximum absolute atomic E-state index is 12.1. The molecule has 4 nitrogen and oxygen atoms in total. The Balaban J connectivity index is 2.73. The number of carbonyl (C=O) groups excluding carboxylic acids is 1. The van der Waals surface area contributed by atoms with Crippen molar-refractivity contribution in [3.63, 3.8) is 0 Å². The molecule has 0 bridgehead atoms. The minimum Gasteiger partial charge on any atom is -0.319 e. The minimum absolute atomic E-state index is 0.0111. The zero-order valence-corrected chi connectivity index (χ0v) is 10.1. The standard InChI is InChI=1S/C12H19N3O/c1-4-10(9-13-2)12(16)15(3)11-7-5-6-8-14-11/h5-8,10,13H,4,9H2,1-3H3. The number of carbonyl (C=O) groups is 1. The lowest BCUT2D eigenvalue weighted by atomic mass is 10.1. The average molecular weight is 221 g/mol. The van der Waals surface area contributed by atoms with Gasteiger partial charge < -0.3 is 5.32 Å². The molecule has 16 heavy (non-hydrogen) atoms. The highest BCUT2D eigenvalue weighted by molar-refractivity contribution is 5.93. The number of hydrogen-bond donors (Lipinski definition) is 1. The van der Waals surface area contributed by atoms with Crippen molar-refractivity contribution in [3.8, 4) is 0 Å². The van der Waals surface area contributed by atoms with E-state index in [0.717, 1.165) is 6.42 Å². The van der Waals surface area contributed by atoms with Gasteiger partial charge in [0, 0.05) is 19.8 Å². The first kappa shape index (κ1) is 12.6. The van der Waals surface area contributed by atoms with Crippen molar-refractivity contribution >= 4 is 11.7 Å². The molecule has 88 valence electrons. The molecule has 0 aliphatic heterocycles. The highest BCUT2D eigenvalue weighted by Crippen LogP contribution is 2.12. The SMILES string of the molecule is CCC(CNC)C(=O)N(C)c1ccccn1. The summed E-state index contributed by atoms with van der Waals surface area (Å²) in [6.07, 6.45) is 2.52. The van der Waals surface area contributed by atoms with E-state index in [1.807, 2.05) is 32.2 Å². The molecule has 1 unspecified atom stereocenters. The van der Waals surface area contributed by atoms with E-state index in [4.69, 9.17) is 0 Å². The lowest BCUT2D eigenvalue weighted by Crippen LogP contribution is -2.37. The van der Waals surface area contributed by atoms with Crippen LogP contribution in [-0.2, 0) is 4.79 Å². The van der Waals surface area contributed by atoms with Gasteiger partial charge in [-0.05, 0) is 25.6 Å². The van der Waals surface area contributed by atoms with E-state index in [9.17, 15) is 4.79 Å².